The lowest BCUT2D eigenvalue weighted by atomic mass is 10.1. The molecule has 22 heavy (non-hydrogen) atoms. The van der Waals surface area contributed by atoms with Gasteiger partial charge in [-0.1, -0.05) is 17.7 Å². The number of benzene rings is 1. The van der Waals surface area contributed by atoms with Gasteiger partial charge in [0.05, 0.1) is 11.4 Å². The average molecular weight is 346 g/mol. The van der Waals surface area contributed by atoms with Crippen molar-refractivity contribution in [3.63, 3.8) is 0 Å². The van der Waals surface area contributed by atoms with Gasteiger partial charge in [0.25, 0.3) is 0 Å². The highest BCUT2D eigenvalue weighted by Crippen LogP contribution is 2.21. The number of aryl methyl sites for hydroxylation is 1. The molecule has 0 spiro atoms. The molecular weight excluding hydrogens is 326 g/mol. The van der Waals surface area contributed by atoms with Crippen molar-refractivity contribution < 1.29 is 13.2 Å². The van der Waals surface area contributed by atoms with Crippen LogP contribution in [0.3, 0.4) is 0 Å². The Morgan fingerprint density at radius 2 is 2.05 bits per heavy atom. The van der Waals surface area contributed by atoms with Gasteiger partial charge in [-0.05, 0) is 37.5 Å². The van der Waals surface area contributed by atoms with Crippen molar-refractivity contribution in [1.82, 2.24) is 9.62 Å². The molecule has 2 rings (SSSR count). The Morgan fingerprint density at radius 3 is 2.59 bits per heavy atom. The first-order valence-electron chi connectivity index (χ1n) is 7.07. The third kappa shape index (κ3) is 4.42. The van der Waals surface area contributed by atoms with Crippen LogP contribution >= 0.6 is 11.6 Å². The van der Waals surface area contributed by atoms with E-state index in [4.69, 9.17) is 17.3 Å². The molecule has 0 atom stereocenters. The zero-order valence-corrected chi connectivity index (χ0v) is 14.0. The van der Waals surface area contributed by atoms with Crippen molar-refractivity contribution >= 4 is 27.5 Å². The molecule has 0 unspecified atom stereocenters. The molecule has 1 amide bonds. The normalized spacial score (nSPS) is 17.5. The maximum absolute atomic E-state index is 12.4. The Morgan fingerprint density at radius 1 is 1.41 bits per heavy atom. The van der Waals surface area contributed by atoms with Crippen LogP contribution in [0.25, 0.3) is 0 Å². The van der Waals surface area contributed by atoms with Crippen LogP contribution in [-0.2, 0) is 14.8 Å². The quantitative estimate of drug-likeness (QED) is 0.828. The monoisotopic (exact) mass is 345 g/mol. The molecule has 0 aromatic heterocycles. The summed E-state index contributed by atoms with van der Waals surface area (Å²) in [5.41, 5.74) is 5.99. The summed E-state index contributed by atoms with van der Waals surface area (Å²) in [6.07, 6.45) is 1.29. The minimum absolute atomic E-state index is 0.144. The summed E-state index contributed by atoms with van der Waals surface area (Å²) < 4.78 is 27.4. The number of sulfonamides is 1. The highest BCUT2D eigenvalue weighted by Gasteiger charge is 2.25. The molecule has 1 aliphatic rings. The Hall–Kier alpha value is -1.15. The summed E-state index contributed by atoms with van der Waals surface area (Å²) in [4.78, 5) is 13.0. The van der Waals surface area contributed by atoms with Gasteiger partial charge in [-0.15, -0.1) is 0 Å². The number of piperidine rings is 1. The minimum Gasteiger partial charge on any atom is -0.369 e. The Bertz CT molecular complexity index is 655. The van der Waals surface area contributed by atoms with E-state index in [0.717, 1.165) is 5.56 Å². The van der Waals surface area contributed by atoms with E-state index >= 15 is 0 Å². The number of rotatable bonds is 5. The van der Waals surface area contributed by atoms with E-state index in [2.05, 4.69) is 4.72 Å². The molecule has 8 heteroatoms. The zero-order valence-electron chi connectivity index (χ0n) is 12.4. The summed E-state index contributed by atoms with van der Waals surface area (Å²) >= 11 is 5.99. The van der Waals surface area contributed by atoms with Crippen molar-refractivity contribution in [3.05, 3.63) is 28.8 Å². The maximum Gasteiger partial charge on any atom is 0.240 e. The maximum atomic E-state index is 12.4. The van der Waals surface area contributed by atoms with E-state index in [1.807, 2.05) is 11.8 Å². The van der Waals surface area contributed by atoms with E-state index in [1.54, 1.807) is 12.1 Å². The van der Waals surface area contributed by atoms with Crippen LogP contribution in [0.15, 0.2) is 23.1 Å². The summed E-state index contributed by atoms with van der Waals surface area (Å²) in [5.74, 6) is -0.367. The number of primary amides is 1. The Balaban J connectivity index is 1.98. The lowest BCUT2D eigenvalue weighted by molar-refractivity contribution is -0.119. The number of nitrogens with zero attached hydrogens (tertiary/aromatic N) is 1. The number of carbonyl (C=O) groups excluding carboxylic acids is 1. The van der Waals surface area contributed by atoms with E-state index in [1.165, 1.54) is 6.07 Å². The van der Waals surface area contributed by atoms with Crippen molar-refractivity contribution in [3.8, 4) is 0 Å². The lowest BCUT2D eigenvalue weighted by Crippen LogP contribution is -2.46. The van der Waals surface area contributed by atoms with E-state index in [0.29, 0.717) is 31.0 Å². The molecule has 0 aliphatic carbocycles. The first-order valence-corrected chi connectivity index (χ1v) is 8.93. The molecule has 1 saturated heterocycles. The summed E-state index contributed by atoms with van der Waals surface area (Å²) in [5, 5.41) is 0.430. The molecule has 6 nitrogen and oxygen atoms in total. The first kappa shape index (κ1) is 17.2. The van der Waals surface area contributed by atoms with E-state index in [-0.39, 0.29) is 23.4 Å². The largest absolute Gasteiger partial charge is 0.369 e. The standard InChI is InChI=1S/C14H20ClN3O3S/c1-10-2-3-12(8-13(10)15)22(20,21)17-11-4-6-18(7-5-11)9-14(16)19/h2-3,8,11,17H,4-7,9H2,1H3,(H2,16,19). The predicted molar refractivity (Wildman–Crippen MR) is 85.2 cm³/mol. The summed E-state index contributed by atoms with van der Waals surface area (Å²) in [7, 11) is -3.58. The number of nitrogens with one attached hydrogen (secondary N) is 1. The topological polar surface area (TPSA) is 92.5 Å². The van der Waals surface area contributed by atoms with Crippen LogP contribution in [-0.4, -0.2) is 44.9 Å². The van der Waals surface area contributed by atoms with Crippen molar-refractivity contribution in [2.45, 2.75) is 30.7 Å². The molecule has 122 valence electrons. The SMILES string of the molecule is Cc1ccc(S(=O)(=O)NC2CCN(CC(N)=O)CC2)cc1Cl. The van der Waals surface area contributed by atoms with Crippen LogP contribution in [0.1, 0.15) is 18.4 Å². The molecule has 0 saturated carbocycles. The first-order chi connectivity index (χ1) is 10.3. The molecule has 1 fully saturated rings. The fourth-order valence-corrected chi connectivity index (χ4v) is 4.03. The van der Waals surface area contributed by atoms with Crippen LogP contribution in [0.5, 0.6) is 0 Å². The number of carbonyl (C=O) groups is 1. The minimum atomic E-state index is -3.58. The molecule has 0 radical (unpaired) electrons. The van der Waals surface area contributed by atoms with Crippen molar-refractivity contribution in [2.24, 2.45) is 5.73 Å². The molecule has 0 bridgehead atoms. The van der Waals surface area contributed by atoms with Gasteiger partial charge in [-0.2, -0.15) is 0 Å². The highest BCUT2D eigenvalue weighted by atomic mass is 35.5. The summed E-state index contributed by atoms with van der Waals surface area (Å²) in [6.45, 7) is 3.32. The smallest absolute Gasteiger partial charge is 0.240 e. The highest BCUT2D eigenvalue weighted by molar-refractivity contribution is 7.89. The zero-order chi connectivity index (χ0) is 16.3. The molecule has 1 heterocycles. The van der Waals surface area contributed by atoms with Gasteiger partial charge >= 0.3 is 0 Å². The van der Waals surface area contributed by atoms with Crippen molar-refractivity contribution in [1.29, 1.82) is 0 Å². The Kier molecular flexibility index (Phi) is 5.44. The van der Waals surface area contributed by atoms with Gasteiger partial charge in [0, 0.05) is 24.2 Å². The van der Waals surface area contributed by atoms with Gasteiger partial charge in [0.15, 0.2) is 0 Å². The van der Waals surface area contributed by atoms with E-state index in [9.17, 15) is 13.2 Å². The van der Waals surface area contributed by atoms with Gasteiger partial charge in [0.2, 0.25) is 15.9 Å². The summed E-state index contributed by atoms with van der Waals surface area (Å²) in [6, 6.07) is 4.55. The molecular formula is C14H20ClN3O3S. The number of amides is 1. The fourth-order valence-electron chi connectivity index (χ4n) is 2.46. The second-order valence-corrected chi connectivity index (χ2v) is 7.67. The fraction of sp³-hybridized carbons (Fsp3) is 0.500. The molecule has 1 aliphatic heterocycles. The number of hydrogen-bond donors (Lipinski definition) is 2. The van der Waals surface area contributed by atoms with Gasteiger partial charge < -0.3 is 5.73 Å². The third-order valence-electron chi connectivity index (χ3n) is 3.74. The van der Waals surface area contributed by atoms with Gasteiger partial charge in [-0.25, -0.2) is 13.1 Å². The average Bonchev–Trinajstić information content (AvgIpc) is 2.43. The number of nitrogens with two attached hydrogens (primary N) is 1. The lowest BCUT2D eigenvalue weighted by Gasteiger charge is -2.31. The second-order valence-electron chi connectivity index (χ2n) is 5.55. The second kappa shape index (κ2) is 6.95. The number of likely N-dealkylation sites (tertiary alicyclic amines) is 1. The predicted octanol–water partition coefficient (Wildman–Crippen LogP) is 0.876. The van der Waals surface area contributed by atoms with E-state index < -0.39 is 10.0 Å². The van der Waals surface area contributed by atoms with Crippen LogP contribution < -0.4 is 10.5 Å². The van der Waals surface area contributed by atoms with Crippen LogP contribution in [0.2, 0.25) is 5.02 Å². The molecule has 3 N–H and O–H groups in total. The van der Waals surface area contributed by atoms with Crippen molar-refractivity contribution in [2.75, 3.05) is 19.6 Å². The number of hydrogen-bond acceptors (Lipinski definition) is 4. The van der Waals surface area contributed by atoms with Gasteiger partial charge in [-0.3, -0.25) is 9.69 Å². The molecule has 1 aromatic carbocycles. The van der Waals surface area contributed by atoms with Crippen LogP contribution in [0, 0.1) is 6.92 Å². The molecule has 1 aromatic rings. The number of halogens is 1. The third-order valence-corrected chi connectivity index (χ3v) is 5.67. The van der Waals surface area contributed by atoms with Crippen LogP contribution in [0.4, 0.5) is 0 Å². The van der Waals surface area contributed by atoms with Gasteiger partial charge in [0.1, 0.15) is 0 Å². The Labute approximate surface area is 135 Å².